The van der Waals surface area contributed by atoms with Crippen LogP contribution in [-0.2, 0) is 10.0 Å². The van der Waals surface area contributed by atoms with E-state index in [-0.39, 0.29) is 5.75 Å². The van der Waals surface area contributed by atoms with Gasteiger partial charge in [0.15, 0.2) is 0 Å². The molecule has 0 rings (SSSR count). The van der Waals surface area contributed by atoms with E-state index >= 15 is 0 Å². The summed E-state index contributed by atoms with van der Waals surface area (Å²) >= 11 is 0. The quantitative estimate of drug-likeness (QED) is 0.538. The first-order chi connectivity index (χ1) is 8.55. The Labute approximate surface area is 113 Å². The zero-order valence-corrected chi connectivity index (χ0v) is 13.0. The molecule has 1 atom stereocenters. The third-order valence-corrected chi connectivity index (χ3v) is 4.58. The maximum absolute atomic E-state index is 11.7. The van der Waals surface area contributed by atoms with Crippen molar-refractivity contribution in [2.75, 3.05) is 25.4 Å². The van der Waals surface area contributed by atoms with Gasteiger partial charge < -0.3 is 5.32 Å². The highest BCUT2D eigenvalue weighted by Crippen LogP contribution is 2.11. The van der Waals surface area contributed by atoms with Crippen LogP contribution in [0.2, 0.25) is 0 Å². The van der Waals surface area contributed by atoms with Crippen LogP contribution in [0.15, 0.2) is 0 Å². The lowest BCUT2D eigenvalue weighted by atomic mass is 10.00. The molecule has 18 heavy (non-hydrogen) atoms. The molecule has 0 amide bonds. The molecule has 0 bridgehead atoms. The molecule has 0 fully saturated rings. The number of hydrogen-bond donors (Lipinski definition) is 2. The number of sulfonamides is 1. The summed E-state index contributed by atoms with van der Waals surface area (Å²) in [5.41, 5.74) is 0. The summed E-state index contributed by atoms with van der Waals surface area (Å²) in [7, 11) is -3.08. The van der Waals surface area contributed by atoms with Gasteiger partial charge in [-0.3, -0.25) is 0 Å². The van der Waals surface area contributed by atoms with Gasteiger partial charge >= 0.3 is 0 Å². The van der Waals surface area contributed by atoms with E-state index in [4.69, 9.17) is 0 Å². The van der Waals surface area contributed by atoms with Crippen molar-refractivity contribution in [2.24, 2.45) is 5.92 Å². The Bertz CT molecular complexity index is 279. The molecule has 110 valence electrons. The second-order valence-electron chi connectivity index (χ2n) is 4.79. The monoisotopic (exact) mass is 278 g/mol. The molecule has 0 radical (unpaired) electrons. The van der Waals surface area contributed by atoms with Crippen LogP contribution in [0.25, 0.3) is 0 Å². The molecule has 1 unspecified atom stereocenters. The molecule has 0 heterocycles. The van der Waals surface area contributed by atoms with Crippen LogP contribution in [0.5, 0.6) is 0 Å². The van der Waals surface area contributed by atoms with E-state index in [1.54, 1.807) is 0 Å². The molecule has 0 aliphatic rings. The Morgan fingerprint density at radius 3 is 2.39 bits per heavy atom. The second-order valence-corrected chi connectivity index (χ2v) is 6.72. The van der Waals surface area contributed by atoms with Crippen LogP contribution < -0.4 is 10.0 Å². The zero-order chi connectivity index (χ0) is 13.9. The highest BCUT2D eigenvalue weighted by atomic mass is 32.2. The SMILES string of the molecule is CCCCC(CC)CNS(=O)(=O)CCCNCC. The van der Waals surface area contributed by atoms with Crippen molar-refractivity contribution in [3.63, 3.8) is 0 Å². The fourth-order valence-electron chi connectivity index (χ4n) is 1.82. The van der Waals surface area contributed by atoms with Gasteiger partial charge in [-0.05, 0) is 31.8 Å². The smallest absolute Gasteiger partial charge is 0.211 e. The largest absolute Gasteiger partial charge is 0.317 e. The topological polar surface area (TPSA) is 58.2 Å². The predicted molar refractivity (Wildman–Crippen MR) is 78.3 cm³/mol. The standard InChI is InChI=1S/C13H30N2O2S/c1-4-7-9-13(5-2)12-15-18(16,17)11-8-10-14-6-3/h13-15H,4-12H2,1-3H3. The van der Waals surface area contributed by atoms with Crippen LogP contribution in [0.4, 0.5) is 0 Å². The Kier molecular flexibility index (Phi) is 10.7. The Hall–Kier alpha value is -0.130. The van der Waals surface area contributed by atoms with Gasteiger partial charge in [0.05, 0.1) is 5.75 Å². The van der Waals surface area contributed by atoms with E-state index in [9.17, 15) is 8.42 Å². The van der Waals surface area contributed by atoms with E-state index < -0.39 is 10.0 Å². The minimum Gasteiger partial charge on any atom is -0.317 e. The van der Waals surface area contributed by atoms with Crippen molar-refractivity contribution in [2.45, 2.75) is 52.9 Å². The molecule has 0 aromatic rings. The van der Waals surface area contributed by atoms with Crippen LogP contribution in [0.3, 0.4) is 0 Å². The first kappa shape index (κ1) is 17.9. The summed E-state index contributed by atoms with van der Waals surface area (Å²) in [5.74, 6) is 0.706. The van der Waals surface area contributed by atoms with Crippen LogP contribution in [0, 0.1) is 5.92 Å². The number of unbranched alkanes of at least 4 members (excludes halogenated alkanes) is 1. The molecule has 0 spiro atoms. The Morgan fingerprint density at radius 1 is 1.11 bits per heavy atom. The van der Waals surface area contributed by atoms with Crippen LogP contribution >= 0.6 is 0 Å². The van der Waals surface area contributed by atoms with Gasteiger partial charge in [-0.1, -0.05) is 40.0 Å². The lowest BCUT2D eigenvalue weighted by Gasteiger charge is -2.15. The van der Waals surface area contributed by atoms with Crippen molar-refractivity contribution in [1.29, 1.82) is 0 Å². The van der Waals surface area contributed by atoms with E-state index in [0.717, 1.165) is 25.9 Å². The molecular formula is C13H30N2O2S. The van der Waals surface area contributed by atoms with E-state index in [1.165, 1.54) is 12.8 Å². The summed E-state index contributed by atoms with van der Waals surface area (Å²) in [6.07, 6.45) is 5.19. The molecule has 0 saturated heterocycles. The Balaban J connectivity index is 3.85. The molecule has 5 heteroatoms. The molecule has 0 aromatic heterocycles. The number of hydrogen-bond acceptors (Lipinski definition) is 3. The average Bonchev–Trinajstić information content (AvgIpc) is 2.35. The number of rotatable bonds is 12. The van der Waals surface area contributed by atoms with E-state index in [1.807, 2.05) is 6.92 Å². The summed E-state index contributed by atoms with van der Waals surface area (Å²) in [5, 5.41) is 3.13. The predicted octanol–water partition coefficient (Wildman–Crippen LogP) is 2.12. The average molecular weight is 278 g/mol. The van der Waals surface area contributed by atoms with Crippen LogP contribution in [0.1, 0.15) is 52.9 Å². The lowest BCUT2D eigenvalue weighted by molar-refractivity contribution is 0.443. The van der Waals surface area contributed by atoms with Crippen molar-refractivity contribution in [3.8, 4) is 0 Å². The van der Waals surface area contributed by atoms with Gasteiger partial charge in [-0.25, -0.2) is 13.1 Å². The first-order valence-corrected chi connectivity index (χ1v) is 8.89. The first-order valence-electron chi connectivity index (χ1n) is 7.23. The maximum atomic E-state index is 11.7. The Morgan fingerprint density at radius 2 is 1.83 bits per heavy atom. The summed E-state index contributed by atoms with van der Waals surface area (Å²) < 4.78 is 26.2. The summed E-state index contributed by atoms with van der Waals surface area (Å²) in [4.78, 5) is 0. The third kappa shape index (κ3) is 9.85. The van der Waals surface area contributed by atoms with E-state index in [2.05, 4.69) is 23.9 Å². The normalized spacial score (nSPS) is 13.7. The van der Waals surface area contributed by atoms with Gasteiger partial charge in [0.25, 0.3) is 0 Å². The molecule has 0 aliphatic heterocycles. The molecular weight excluding hydrogens is 248 g/mol. The van der Waals surface area contributed by atoms with Gasteiger partial charge in [-0.15, -0.1) is 0 Å². The minimum absolute atomic E-state index is 0.226. The third-order valence-electron chi connectivity index (χ3n) is 3.15. The molecule has 4 nitrogen and oxygen atoms in total. The fourth-order valence-corrected chi connectivity index (χ4v) is 2.98. The van der Waals surface area contributed by atoms with E-state index in [0.29, 0.717) is 18.9 Å². The van der Waals surface area contributed by atoms with Crippen molar-refractivity contribution >= 4 is 10.0 Å². The lowest BCUT2D eigenvalue weighted by Crippen LogP contribution is -2.32. The van der Waals surface area contributed by atoms with Crippen LogP contribution in [-0.4, -0.2) is 33.8 Å². The minimum atomic E-state index is -3.08. The molecule has 0 aromatic carbocycles. The maximum Gasteiger partial charge on any atom is 0.211 e. The molecule has 0 aliphatic carbocycles. The van der Waals surface area contributed by atoms with Crippen molar-refractivity contribution < 1.29 is 8.42 Å². The highest BCUT2D eigenvalue weighted by molar-refractivity contribution is 7.89. The summed E-state index contributed by atoms with van der Waals surface area (Å²) in [6.45, 7) is 8.57. The zero-order valence-electron chi connectivity index (χ0n) is 12.2. The molecule has 0 saturated carbocycles. The molecule has 2 N–H and O–H groups in total. The van der Waals surface area contributed by atoms with Crippen molar-refractivity contribution in [1.82, 2.24) is 10.0 Å². The summed E-state index contributed by atoms with van der Waals surface area (Å²) in [6, 6.07) is 0. The van der Waals surface area contributed by atoms with Gasteiger partial charge in [0, 0.05) is 6.54 Å². The van der Waals surface area contributed by atoms with Crippen molar-refractivity contribution in [3.05, 3.63) is 0 Å². The fraction of sp³-hybridized carbons (Fsp3) is 1.00. The van der Waals surface area contributed by atoms with Gasteiger partial charge in [-0.2, -0.15) is 0 Å². The number of nitrogens with one attached hydrogen (secondary N) is 2. The van der Waals surface area contributed by atoms with Gasteiger partial charge in [0.1, 0.15) is 0 Å². The highest BCUT2D eigenvalue weighted by Gasteiger charge is 2.12. The second kappa shape index (κ2) is 10.8. The van der Waals surface area contributed by atoms with Gasteiger partial charge in [0.2, 0.25) is 10.0 Å².